The van der Waals surface area contributed by atoms with E-state index in [2.05, 4.69) is 25.1 Å². The molecule has 0 saturated carbocycles. The van der Waals surface area contributed by atoms with Crippen LogP contribution in [0.4, 0.5) is 0 Å². The van der Waals surface area contributed by atoms with E-state index in [1.165, 1.54) is 7.11 Å². The van der Waals surface area contributed by atoms with Crippen molar-refractivity contribution >= 4 is 5.97 Å². The van der Waals surface area contributed by atoms with Crippen LogP contribution in [0.1, 0.15) is 16.1 Å². The van der Waals surface area contributed by atoms with Crippen LogP contribution in [0.3, 0.4) is 0 Å². The molecule has 7 nitrogen and oxygen atoms in total. The average Bonchev–Trinajstić information content (AvgIpc) is 3.15. The van der Waals surface area contributed by atoms with Gasteiger partial charge in [-0.25, -0.2) is 4.79 Å². The van der Waals surface area contributed by atoms with Gasteiger partial charge in [-0.05, 0) is 25.1 Å². The molecule has 0 spiro atoms. The summed E-state index contributed by atoms with van der Waals surface area (Å²) in [5, 5.41) is 10.8. The van der Waals surface area contributed by atoms with E-state index in [4.69, 9.17) is 4.52 Å². The predicted molar refractivity (Wildman–Crippen MR) is 73.4 cm³/mol. The maximum Gasteiger partial charge on any atom is 0.337 e. The molecule has 0 radical (unpaired) electrons. The molecule has 3 rings (SSSR count). The first-order valence-electron chi connectivity index (χ1n) is 6.22. The number of esters is 1. The van der Waals surface area contributed by atoms with Gasteiger partial charge in [0.1, 0.15) is 0 Å². The highest BCUT2D eigenvalue weighted by Crippen LogP contribution is 2.22. The molecule has 2 heterocycles. The normalized spacial score (nSPS) is 10.6. The molecule has 2 aromatic heterocycles. The lowest BCUT2D eigenvalue weighted by Gasteiger charge is -2.00. The minimum Gasteiger partial charge on any atom is -0.465 e. The fraction of sp³-hybridized carbons (Fsp3) is 0.143. The second-order valence-electron chi connectivity index (χ2n) is 4.43. The number of hydrogen-bond donors (Lipinski definition) is 1. The highest BCUT2D eigenvalue weighted by atomic mass is 16.5. The van der Waals surface area contributed by atoms with Crippen molar-refractivity contribution in [2.24, 2.45) is 0 Å². The van der Waals surface area contributed by atoms with Crippen molar-refractivity contribution < 1.29 is 14.1 Å². The number of aromatic amines is 1. The first kappa shape index (κ1) is 13.0. The van der Waals surface area contributed by atoms with Gasteiger partial charge >= 0.3 is 5.97 Å². The third-order valence-corrected chi connectivity index (χ3v) is 2.89. The first-order valence-corrected chi connectivity index (χ1v) is 6.22. The summed E-state index contributed by atoms with van der Waals surface area (Å²) >= 11 is 0. The Kier molecular flexibility index (Phi) is 3.23. The fourth-order valence-corrected chi connectivity index (χ4v) is 1.88. The van der Waals surface area contributed by atoms with Crippen molar-refractivity contribution in [1.82, 2.24) is 20.3 Å². The van der Waals surface area contributed by atoms with E-state index in [-0.39, 0.29) is 0 Å². The molecule has 0 amide bonds. The highest BCUT2D eigenvalue weighted by Gasteiger charge is 2.14. The number of H-pyrrole nitrogens is 1. The number of benzene rings is 1. The van der Waals surface area contributed by atoms with E-state index < -0.39 is 5.97 Å². The SMILES string of the molecule is COC(=O)c1cccc(-c2noc(-c3cc(C)[nH]n3)n2)c1. The van der Waals surface area contributed by atoms with Crippen LogP contribution in [0.15, 0.2) is 34.9 Å². The van der Waals surface area contributed by atoms with Gasteiger partial charge in [-0.2, -0.15) is 10.1 Å². The molecule has 0 aliphatic heterocycles. The molecule has 0 bridgehead atoms. The average molecular weight is 284 g/mol. The molecule has 0 aliphatic carbocycles. The molecule has 21 heavy (non-hydrogen) atoms. The van der Waals surface area contributed by atoms with E-state index in [0.29, 0.717) is 28.5 Å². The Morgan fingerprint density at radius 1 is 1.33 bits per heavy atom. The summed E-state index contributed by atoms with van der Waals surface area (Å²) < 4.78 is 9.87. The summed E-state index contributed by atoms with van der Waals surface area (Å²) in [7, 11) is 1.33. The third kappa shape index (κ3) is 2.53. The number of aryl methyl sites for hydroxylation is 1. The summed E-state index contributed by atoms with van der Waals surface area (Å²) in [6.07, 6.45) is 0. The van der Waals surface area contributed by atoms with Crippen molar-refractivity contribution in [2.45, 2.75) is 6.92 Å². The number of nitrogens with zero attached hydrogens (tertiary/aromatic N) is 3. The maximum atomic E-state index is 11.5. The highest BCUT2D eigenvalue weighted by molar-refractivity contribution is 5.90. The van der Waals surface area contributed by atoms with Gasteiger partial charge < -0.3 is 9.26 Å². The molecule has 1 aromatic carbocycles. The summed E-state index contributed by atoms with van der Waals surface area (Å²) in [4.78, 5) is 15.8. The molecule has 3 aromatic rings. The number of nitrogens with one attached hydrogen (secondary N) is 1. The largest absolute Gasteiger partial charge is 0.465 e. The molecule has 0 saturated heterocycles. The van der Waals surface area contributed by atoms with Crippen molar-refractivity contribution in [3.8, 4) is 23.0 Å². The summed E-state index contributed by atoms with van der Waals surface area (Å²) in [5.41, 5.74) is 2.57. The molecule has 106 valence electrons. The molecule has 1 N–H and O–H groups in total. The Hall–Kier alpha value is -2.96. The lowest BCUT2D eigenvalue weighted by atomic mass is 10.1. The Bertz CT molecular complexity index is 791. The Morgan fingerprint density at radius 2 is 2.19 bits per heavy atom. The van der Waals surface area contributed by atoms with Crippen molar-refractivity contribution in [3.63, 3.8) is 0 Å². The molecule has 0 unspecified atom stereocenters. The zero-order valence-electron chi connectivity index (χ0n) is 11.5. The van der Waals surface area contributed by atoms with E-state index in [1.54, 1.807) is 24.3 Å². The number of aromatic nitrogens is 4. The first-order chi connectivity index (χ1) is 10.2. The molecule has 0 aliphatic rings. The Morgan fingerprint density at radius 3 is 2.90 bits per heavy atom. The smallest absolute Gasteiger partial charge is 0.337 e. The Labute approximate surface area is 119 Å². The minimum absolute atomic E-state index is 0.317. The number of carbonyl (C=O) groups excluding carboxylic acids is 1. The fourth-order valence-electron chi connectivity index (χ4n) is 1.88. The van der Waals surface area contributed by atoms with Gasteiger partial charge in [0.25, 0.3) is 5.89 Å². The number of hydrogen-bond acceptors (Lipinski definition) is 6. The van der Waals surface area contributed by atoms with Gasteiger partial charge in [0.05, 0.1) is 12.7 Å². The van der Waals surface area contributed by atoms with E-state index in [9.17, 15) is 4.79 Å². The maximum absolute atomic E-state index is 11.5. The van der Waals surface area contributed by atoms with Crippen LogP contribution in [0.5, 0.6) is 0 Å². The third-order valence-electron chi connectivity index (χ3n) is 2.89. The second-order valence-corrected chi connectivity index (χ2v) is 4.43. The van der Waals surface area contributed by atoms with Crippen molar-refractivity contribution in [1.29, 1.82) is 0 Å². The van der Waals surface area contributed by atoms with E-state index in [0.717, 1.165) is 5.69 Å². The molecule has 7 heteroatoms. The topological polar surface area (TPSA) is 93.9 Å². The van der Waals surface area contributed by atoms with Crippen LogP contribution in [0, 0.1) is 6.92 Å². The van der Waals surface area contributed by atoms with Crippen LogP contribution in [-0.4, -0.2) is 33.4 Å². The standard InChI is InChI=1S/C14H12N4O3/c1-8-6-11(17-16-8)13-15-12(18-21-13)9-4-3-5-10(7-9)14(19)20-2/h3-7H,1-2H3,(H,16,17). The van der Waals surface area contributed by atoms with Gasteiger partial charge in [0.2, 0.25) is 5.82 Å². The summed E-state index contributed by atoms with van der Waals surface area (Å²) in [6, 6.07) is 8.64. The van der Waals surface area contributed by atoms with Crippen molar-refractivity contribution in [2.75, 3.05) is 7.11 Å². The Balaban J connectivity index is 1.95. The minimum atomic E-state index is -0.413. The van der Waals surface area contributed by atoms with Crippen LogP contribution < -0.4 is 0 Å². The molecule has 0 atom stereocenters. The predicted octanol–water partition coefficient (Wildman–Crippen LogP) is 2.22. The van der Waals surface area contributed by atoms with Gasteiger partial charge in [-0.15, -0.1) is 0 Å². The quantitative estimate of drug-likeness (QED) is 0.741. The lowest BCUT2D eigenvalue weighted by Crippen LogP contribution is -2.00. The van der Waals surface area contributed by atoms with Crippen molar-refractivity contribution in [3.05, 3.63) is 41.6 Å². The van der Waals surface area contributed by atoms with Crippen LogP contribution >= 0.6 is 0 Å². The zero-order chi connectivity index (χ0) is 14.8. The van der Waals surface area contributed by atoms with Crippen LogP contribution in [-0.2, 0) is 4.74 Å². The summed E-state index contributed by atoms with van der Waals surface area (Å²) in [6.45, 7) is 1.88. The second kappa shape index (κ2) is 5.20. The number of methoxy groups -OCH3 is 1. The van der Waals surface area contributed by atoms with Gasteiger partial charge in [0.15, 0.2) is 5.69 Å². The van der Waals surface area contributed by atoms with Crippen LogP contribution in [0.25, 0.3) is 23.0 Å². The van der Waals surface area contributed by atoms with E-state index in [1.807, 2.05) is 13.0 Å². The zero-order valence-corrected chi connectivity index (χ0v) is 11.5. The monoisotopic (exact) mass is 284 g/mol. The number of carbonyl (C=O) groups is 1. The van der Waals surface area contributed by atoms with Crippen LogP contribution in [0.2, 0.25) is 0 Å². The number of rotatable bonds is 3. The summed E-state index contributed by atoms with van der Waals surface area (Å²) in [5.74, 6) is 0.290. The lowest BCUT2D eigenvalue weighted by molar-refractivity contribution is 0.0601. The van der Waals surface area contributed by atoms with Gasteiger partial charge in [-0.3, -0.25) is 5.10 Å². The van der Waals surface area contributed by atoms with E-state index >= 15 is 0 Å². The molecule has 0 fully saturated rings. The molecular formula is C14H12N4O3. The number of ether oxygens (including phenoxy) is 1. The van der Waals surface area contributed by atoms with Gasteiger partial charge in [-0.1, -0.05) is 17.3 Å². The van der Waals surface area contributed by atoms with Gasteiger partial charge in [0, 0.05) is 11.3 Å². The molecular weight excluding hydrogens is 272 g/mol.